The molecule has 35 heavy (non-hydrogen) atoms. The quantitative estimate of drug-likeness (QED) is 0.539. The van der Waals surface area contributed by atoms with E-state index in [1.807, 2.05) is 29.2 Å². The maximum atomic E-state index is 13.8. The summed E-state index contributed by atoms with van der Waals surface area (Å²) < 4.78 is 52.5. The van der Waals surface area contributed by atoms with Crippen LogP contribution in [0.4, 0.5) is 30.5 Å². The summed E-state index contributed by atoms with van der Waals surface area (Å²) in [5, 5.41) is 11.9. The van der Waals surface area contributed by atoms with Gasteiger partial charge in [0, 0.05) is 37.2 Å². The summed E-state index contributed by atoms with van der Waals surface area (Å²) in [5.74, 6) is 0.628. The summed E-state index contributed by atoms with van der Waals surface area (Å²) in [7, 11) is 0. The predicted octanol–water partition coefficient (Wildman–Crippen LogP) is 4.22. The second kappa shape index (κ2) is 9.56. The SMILES string of the molecule is N#CCN1CCc2cc(-c3nc(Nc4ccc(N5CCOCC5)cc4)ncc3C(F)(F)F)oc2C1. The number of hydrogen-bond acceptors (Lipinski definition) is 8. The first-order valence-electron chi connectivity index (χ1n) is 11.3. The highest BCUT2D eigenvalue weighted by atomic mass is 19.4. The number of nitrogens with one attached hydrogen (secondary N) is 1. The highest BCUT2D eigenvalue weighted by Crippen LogP contribution is 2.38. The lowest BCUT2D eigenvalue weighted by molar-refractivity contribution is -0.137. The van der Waals surface area contributed by atoms with E-state index in [1.54, 1.807) is 6.07 Å². The predicted molar refractivity (Wildman–Crippen MR) is 122 cm³/mol. The van der Waals surface area contributed by atoms with Crippen LogP contribution >= 0.6 is 0 Å². The van der Waals surface area contributed by atoms with E-state index in [2.05, 4.69) is 26.3 Å². The first kappa shape index (κ1) is 23.1. The molecule has 0 bridgehead atoms. The number of nitriles is 1. The van der Waals surface area contributed by atoms with Crippen molar-refractivity contribution >= 4 is 17.3 Å². The van der Waals surface area contributed by atoms with Crippen molar-refractivity contribution in [3.63, 3.8) is 0 Å². The Morgan fingerprint density at radius 2 is 1.89 bits per heavy atom. The molecule has 1 fully saturated rings. The largest absolute Gasteiger partial charge is 0.458 e. The lowest BCUT2D eigenvalue weighted by Gasteiger charge is -2.28. The molecule has 2 aliphatic heterocycles. The number of anilines is 3. The average molecular weight is 484 g/mol. The maximum Gasteiger partial charge on any atom is 0.420 e. The normalized spacial score (nSPS) is 16.6. The Hall–Kier alpha value is -3.62. The van der Waals surface area contributed by atoms with Crippen LogP contribution in [0.5, 0.6) is 0 Å². The lowest BCUT2D eigenvalue weighted by atomic mass is 10.1. The third-order valence-corrected chi connectivity index (χ3v) is 6.08. The number of hydrogen-bond donors (Lipinski definition) is 1. The zero-order chi connectivity index (χ0) is 24.4. The number of nitrogens with zero attached hydrogens (tertiary/aromatic N) is 5. The Morgan fingerprint density at radius 1 is 1.11 bits per heavy atom. The van der Waals surface area contributed by atoms with Gasteiger partial charge in [0.15, 0.2) is 5.76 Å². The van der Waals surface area contributed by atoms with Crippen molar-refractivity contribution in [3.05, 3.63) is 53.4 Å². The molecular weight excluding hydrogens is 461 g/mol. The van der Waals surface area contributed by atoms with Gasteiger partial charge in [-0.25, -0.2) is 9.97 Å². The number of furan rings is 1. The molecule has 1 saturated heterocycles. The summed E-state index contributed by atoms with van der Waals surface area (Å²) in [6.07, 6.45) is -3.28. The fourth-order valence-electron chi connectivity index (χ4n) is 4.27. The maximum absolute atomic E-state index is 13.8. The number of halogens is 3. The zero-order valence-corrected chi connectivity index (χ0v) is 18.8. The number of fused-ring (bicyclic) bond motifs is 1. The summed E-state index contributed by atoms with van der Waals surface area (Å²) >= 11 is 0. The molecule has 0 aliphatic carbocycles. The van der Waals surface area contributed by atoms with Gasteiger partial charge in [-0.1, -0.05) is 0 Å². The van der Waals surface area contributed by atoms with Gasteiger partial charge >= 0.3 is 6.18 Å². The van der Waals surface area contributed by atoms with Crippen molar-refractivity contribution in [2.45, 2.75) is 19.1 Å². The molecule has 2 aromatic heterocycles. The van der Waals surface area contributed by atoms with Crippen molar-refractivity contribution < 1.29 is 22.3 Å². The molecule has 0 saturated carbocycles. The van der Waals surface area contributed by atoms with Gasteiger partial charge < -0.3 is 19.4 Å². The Bertz CT molecular complexity index is 1230. The van der Waals surface area contributed by atoms with Crippen LogP contribution in [0.25, 0.3) is 11.5 Å². The second-order valence-electron chi connectivity index (χ2n) is 8.40. The van der Waals surface area contributed by atoms with Crippen LogP contribution in [0.2, 0.25) is 0 Å². The molecule has 11 heteroatoms. The molecule has 5 rings (SSSR count). The lowest BCUT2D eigenvalue weighted by Crippen LogP contribution is -2.36. The third-order valence-electron chi connectivity index (χ3n) is 6.08. The van der Waals surface area contributed by atoms with E-state index in [0.717, 1.165) is 30.5 Å². The number of ether oxygens (including phenoxy) is 1. The van der Waals surface area contributed by atoms with E-state index in [1.165, 1.54) is 0 Å². The Morgan fingerprint density at radius 3 is 2.60 bits per heavy atom. The molecule has 0 atom stereocenters. The average Bonchev–Trinajstić information content (AvgIpc) is 3.28. The summed E-state index contributed by atoms with van der Waals surface area (Å²) in [5.41, 5.74) is 1.24. The highest BCUT2D eigenvalue weighted by molar-refractivity contribution is 5.64. The van der Waals surface area contributed by atoms with E-state index < -0.39 is 11.7 Å². The minimum atomic E-state index is -4.65. The smallest absolute Gasteiger partial charge is 0.420 e. The van der Waals surface area contributed by atoms with E-state index in [0.29, 0.717) is 44.2 Å². The van der Waals surface area contributed by atoms with Crippen molar-refractivity contribution in [1.82, 2.24) is 14.9 Å². The van der Waals surface area contributed by atoms with Gasteiger partial charge in [0.25, 0.3) is 0 Å². The van der Waals surface area contributed by atoms with Crippen LogP contribution in [-0.2, 0) is 23.9 Å². The van der Waals surface area contributed by atoms with Crippen LogP contribution in [-0.4, -0.2) is 54.3 Å². The number of alkyl halides is 3. The van der Waals surface area contributed by atoms with Gasteiger partial charge in [-0.15, -0.1) is 0 Å². The van der Waals surface area contributed by atoms with Crippen molar-refractivity contribution in [1.29, 1.82) is 5.26 Å². The molecule has 0 unspecified atom stereocenters. The van der Waals surface area contributed by atoms with Crippen LogP contribution in [0.15, 0.2) is 40.9 Å². The third kappa shape index (κ3) is 5.08. The van der Waals surface area contributed by atoms with E-state index in [9.17, 15) is 13.2 Å². The summed E-state index contributed by atoms with van der Waals surface area (Å²) in [4.78, 5) is 12.2. The number of aromatic nitrogens is 2. The van der Waals surface area contributed by atoms with E-state index in [-0.39, 0.29) is 23.9 Å². The molecule has 1 aromatic carbocycles. The first-order valence-corrected chi connectivity index (χ1v) is 11.3. The standard InChI is InChI=1S/C24H23F3N6O2/c25-24(26,27)19-14-29-23(30-17-1-3-18(4-2-17)33-9-11-34-12-10-33)31-22(19)20-13-16-5-7-32(8-6-28)15-21(16)35-20/h1-4,13-14H,5,7-12,15H2,(H,29,30,31). The first-order chi connectivity index (χ1) is 16.9. The molecule has 182 valence electrons. The molecule has 1 N–H and O–H groups in total. The molecule has 0 amide bonds. The number of rotatable bonds is 5. The van der Waals surface area contributed by atoms with Crippen molar-refractivity contribution in [3.8, 4) is 17.5 Å². The van der Waals surface area contributed by atoms with Crippen molar-refractivity contribution in [2.24, 2.45) is 0 Å². The minimum absolute atomic E-state index is 0.0348. The zero-order valence-electron chi connectivity index (χ0n) is 18.8. The van der Waals surface area contributed by atoms with Gasteiger partial charge in [-0.05, 0) is 42.3 Å². The van der Waals surface area contributed by atoms with Crippen LogP contribution in [0.3, 0.4) is 0 Å². The molecule has 4 heterocycles. The summed E-state index contributed by atoms with van der Waals surface area (Å²) in [6.45, 7) is 4.20. The number of benzene rings is 1. The molecule has 3 aromatic rings. The fourth-order valence-corrected chi connectivity index (χ4v) is 4.27. The topological polar surface area (TPSA) is 90.5 Å². The van der Waals surface area contributed by atoms with Crippen molar-refractivity contribution in [2.75, 3.05) is 49.6 Å². The van der Waals surface area contributed by atoms with E-state index in [4.69, 9.17) is 14.4 Å². The fraction of sp³-hybridized carbons (Fsp3) is 0.375. The molecule has 8 nitrogen and oxygen atoms in total. The van der Waals surface area contributed by atoms with Crippen LogP contribution in [0.1, 0.15) is 16.9 Å². The number of morpholine rings is 1. The molecule has 0 spiro atoms. The Balaban J connectivity index is 1.41. The molecular formula is C24H23F3N6O2. The Kier molecular flexibility index (Phi) is 6.32. The second-order valence-corrected chi connectivity index (χ2v) is 8.40. The molecule has 2 aliphatic rings. The molecule has 0 radical (unpaired) electrons. The van der Waals surface area contributed by atoms with Gasteiger partial charge in [0.05, 0.1) is 32.4 Å². The van der Waals surface area contributed by atoms with Gasteiger partial charge in [0.1, 0.15) is 17.0 Å². The van der Waals surface area contributed by atoms with Crippen LogP contribution in [0, 0.1) is 11.3 Å². The van der Waals surface area contributed by atoms with Gasteiger partial charge in [-0.3, -0.25) is 4.90 Å². The highest BCUT2D eigenvalue weighted by Gasteiger charge is 2.37. The monoisotopic (exact) mass is 484 g/mol. The minimum Gasteiger partial charge on any atom is -0.458 e. The van der Waals surface area contributed by atoms with Crippen LogP contribution < -0.4 is 10.2 Å². The summed E-state index contributed by atoms with van der Waals surface area (Å²) in [6, 6.07) is 11.2. The van der Waals surface area contributed by atoms with Gasteiger partial charge in [-0.2, -0.15) is 18.4 Å². The Labute approximate surface area is 199 Å². The van der Waals surface area contributed by atoms with E-state index >= 15 is 0 Å². The van der Waals surface area contributed by atoms with Gasteiger partial charge in [0.2, 0.25) is 5.95 Å².